The van der Waals surface area contributed by atoms with Gasteiger partial charge in [0.05, 0.1) is 0 Å². The quantitative estimate of drug-likeness (QED) is 0.508. The van der Waals surface area contributed by atoms with Crippen LogP contribution in [0.25, 0.3) is 0 Å². The van der Waals surface area contributed by atoms with Crippen LogP contribution in [0.1, 0.15) is 33.4 Å². The van der Waals surface area contributed by atoms with E-state index in [9.17, 15) is 0 Å². The molecule has 0 spiro atoms. The van der Waals surface area contributed by atoms with E-state index < -0.39 is 7.92 Å². The first-order chi connectivity index (χ1) is 11.4. The van der Waals surface area contributed by atoms with Crippen LogP contribution >= 0.6 is 7.92 Å². The predicted molar refractivity (Wildman–Crippen MR) is 108 cm³/mol. The van der Waals surface area contributed by atoms with Gasteiger partial charge in [0.15, 0.2) is 0 Å². The third-order valence-corrected chi connectivity index (χ3v) is 7.61. The summed E-state index contributed by atoms with van der Waals surface area (Å²) in [5.41, 5.74) is 11.8. The molecule has 0 fully saturated rings. The lowest BCUT2D eigenvalue weighted by Crippen LogP contribution is -2.22. The Hall–Kier alpha value is -1.87. The van der Waals surface area contributed by atoms with Gasteiger partial charge in [-0.3, -0.25) is 0 Å². The molecule has 0 saturated heterocycles. The Balaban J connectivity index is 2.32. The van der Waals surface area contributed by atoms with Crippen molar-refractivity contribution in [1.29, 1.82) is 0 Å². The predicted octanol–water partition coefficient (Wildman–Crippen LogP) is 5.58. The Kier molecular flexibility index (Phi) is 4.64. The van der Waals surface area contributed by atoms with Crippen molar-refractivity contribution in [3.05, 3.63) is 86.9 Å². The zero-order chi connectivity index (χ0) is 17.4. The molecule has 0 unspecified atom stereocenters. The van der Waals surface area contributed by atoms with Crippen LogP contribution in [0.2, 0.25) is 0 Å². The SMILES string of the molecule is Cc1cc(C)c(P(C2=C=CC=C2)c2c(C)cc(C)cc2C)c(C)c1. The molecule has 0 amide bonds. The first-order valence-corrected chi connectivity index (χ1v) is 9.82. The lowest BCUT2D eigenvalue weighted by atomic mass is 10.1. The smallest absolute Gasteiger partial charge is 0.0265 e. The summed E-state index contributed by atoms with van der Waals surface area (Å²) in [6.45, 7) is 13.4. The van der Waals surface area contributed by atoms with E-state index >= 15 is 0 Å². The molecule has 1 aliphatic rings. The number of rotatable bonds is 3. The van der Waals surface area contributed by atoms with Gasteiger partial charge < -0.3 is 0 Å². The topological polar surface area (TPSA) is 0 Å². The van der Waals surface area contributed by atoms with Gasteiger partial charge in [-0.2, -0.15) is 0 Å². The molecule has 0 heterocycles. The van der Waals surface area contributed by atoms with Crippen LogP contribution < -0.4 is 10.6 Å². The summed E-state index contributed by atoms with van der Waals surface area (Å²) in [5, 5.41) is 4.32. The number of benzene rings is 2. The van der Waals surface area contributed by atoms with E-state index in [2.05, 4.69) is 83.7 Å². The molecule has 0 bridgehead atoms. The molecule has 24 heavy (non-hydrogen) atoms. The third-order valence-electron chi connectivity index (χ3n) is 4.54. The van der Waals surface area contributed by atoms with Crippen LogP contribution in [-0.4, -0.2) is 0 Å². The Morgan fingerprint density at radius 1 is 0.667 bits per heavy atom. The highest BCUT2D eigenvalue weighted by atomic mass is 31.1. The van der Waals surface area contributed by atoms with Crippen molar-refractivity contribution in [3.63, 3.8) is 0 Å². The summed E-state index contributed by atoms with van der Waals surface area (Å²) in [5.74, 6) is 0. The molecular weight excluding hydrogens is 307 g/mol. The van der Waals surface area contributed by atoms with Gasteiger partial charge in [-0.25, -0.2) is 0 Å². The summed E-state index contributed by atoms with van der Waals surface area (Å²) in [7, 11) is -0.573. The fourth-order valence-corrected chi connectivity index (χ4v) is 6.68. The van der Waals surface area contributed by atoms with Crippen LogP contribution in [0.3, 0.4) is 0 Å². The fourth-order valence-electron chi connectivity index (χ4n) is 3.86. The summed E-state index contributed by atoms with van der Waals surface area (Å²) >= 11 is 0. The average Bonchev–Trinajstić information content (AvgIpc) is 2.97. The molecule has 3 rings (SSSR count). The van der Waals surface area contributed by atoms with Crippen molar-refractivity contribution in [3.8, 4) is 0 Å². The van der Waals surface area contributed by atoms with Gasteiger partial charge in [-0.05, 0) is 94.5 Å². The average molecular weight is 332 g/mol. The molecule has 0 N–H and O–H groups in total. The fraction of sp³-hybridized carbons (Fsp3) is 0.261. The Bertz CT molecular complexity index is 802. The van der Waals surface area contributed by atoms with Gasteiger partial charge in [-0.15, -0.1) is 5.73 Å². The minimum atomic E-state index is -0.573. The summed E-state index contributed by atoms with van der Waals surface area (Å²) in [6.07, 6.45) is 6.40. The van der Waals surface area contributed by atoms with Gasteiger partial charge in [0.25, 0.3) is 0 Å². The third kappa shape index (κ3) is 3.05. The first kappa shape index (κ1) is 17.0. The second-order valence-electron chi connectivity index (χ2n) is 6.89. The normalized spacial score (nSPS) is 13.0. The van der Waals surface area contributed by atoms with Gasteiger partial charge in [0.1, 0.15) is 0 Å². The molecule has 1 heteroatoms. The minimum Gasteiger partial charge on any atom is -0.112 e. The van der Waals surface area contributed by atoms with Crippen LogP contribution in [0.5, 0.6) is 0 Å². The molecule has 0 saturated carbocycles. The van der Waals surface area contributed by atoms with E-state index in [4.69, 9.17) is 0 Å². The second kappa shape index (κ2) is 6.56. The highest BCUT2D eigenvalue weighted by Crippen LogP contribution is 2.47. The molecule has 2 aromatic rings. The van der Waals surface area contributed by atoms with Crippen LogP contribution in [0, 0.1) is 41.5 Å². The van der Waals surface area contributed by atoms with E-state index in [0.29, 0.717) is 0 Å². The molecule has 0 aliphatic heterocycles. The summed E-state index contributed by atoms with van der Waals surface area (Å²) in [6, 6.07) is 9.28. The Morgan fingerprint density at radius 2 is 1.08 bits per heavy atom. The van der Waals surface area contributed by atoms with Crippen LogP contribution in [0.15, 0.2) is 53.5 Å². The largest absolute Gasteiger partial charge is 0.112 e. The van der Waals surface area contributed by atoms with Crippen molar-refractivity contribution >= 4 is 18.5 Å². The highest BCUT2D eigenvalue weighted by molar-refractivity contribution is 7.77. The number of hydrogen-bond acceptors (Lipinski definition) is 0. The van der Waals surface area contributed by atoms with Gasteiger partial charge in [0, 0.05) is 5.31 Å². The molecule has 122 valence electrons. The standard InChI is InChI=1S/C23H25P/c1-15-11-17(3)22(18(4)12-15)24(21-9-7-8-10-21)23-19(5)13-16(2)14-20(23)6/h7-9,11-14H,1-6H3. The maximum atomic E-state index is 3.50. The van der Waals surface area contributed by atoms with Crippen molar-refractivity contribution in [2.24, 2.45) is 0 Å². The summed E-state index contributed by atoms with van der Waals surface area (Å²) in [4.78, 5) is 0. The Labute approximate surface area is 147 Å². The molecular formula is C23H25P. The number of hydrogen-bond donors (Lipinski definition) is 0. The van der Waals surface area contributed by atoms with E-state index in [1.54, 1.807) is 0 Å². The minimum absolute atomic E-state index is 0.573. The molecule has 1 aliphatic carbocycles. The van der Waals surface area contributed by atoms with E-state index in [1.165, 1.54) is 49.3 Å². The van der Waals surface area contributed by atoms with E-state index in [0.717, 1.165) is 0 Å². The van der Waals surface area contributed by atoms with Crippen molar-refractivity contribution in [2.45, 2.75) is 41.5 Å². The zero-order valence-electron chi connectivity index (χ0n) is 15.5. The first-order valence-electron chi connectivity index (χ1n) is 8.47. The lowest BCUT2D eigenvalue weighted by molar-refractivity contribution is 1.34. The van der Waals surface area contributed by atoms with Gasteiger partial charge in [0.2, 0.25) is 0 Å². The zero-order valence-corrected chi connectivity index (χ0v) is 16.4. The number of allylic oxidation sites excluding steroid dienone is 3. The molecule has 2 aromatic carbocycles. The van der Waals surface area contributed by atoms with Crippen LogP contribution in [-0.2, 0) is 0 Å². The second-order valence-corrected chi connectivity index (χ2v) is 8.93. The maximum absolute atomic E-state index is 3.50. The van der Waals surface area contributed by atoms with Crippen molar-refractivity contribution in [2.75, 3.05) is 0 Å². The van der Waals surface area contributed by atoms with Gasteiger partial charge in [-0.1, -0.05) is 41.5 Å². The Morgan fingerprint density at radius 3 is 1.42 bits per heavy atom. The number of aryl methyl sites for hydroxylation is 6. The van der Waals surface area contributed by atoms with Crippen LogP contribution in [0.4, 0.5) is 0 Å². The van der Waals surface area contributed by atoms with Gasteiger partial charge >= 0.3 is 0 Å². The molecule has 0 aromatic heterocycles. The van der Waals surface area contributed by atoms with E-state index in [-0.39, 0.29) is 0 Å². The highest BCUT2D eigenvalue weighted by Gasteiger charge is 2.25. The van der Waals surface area contributed by atoms with Crippen molar-refractivity contribution in [1.82, 2.24) is 0 Å². The summed E-state index contributed by atoms with van der Waals surface area (Å²) < 4.78 is 0. The monoisotopic (exact) mass is 332 g/mol. The molecule has 0 nitrogen and oxygen atoms in total. The maximum Gasteiger partial charge on any atom is 0.0265 e. The van der Waals surface area contributed by atoms with Crippen molar-refractivity contribution < 1.29 is 0 Å². The molecule has 0 radical (unpaired) electrons. The molecule has 0 atom stereocenters. The lowest BCUT2D eigenvalue weighted by Gasteiger charge is -2.26. The van der Waals surface area contributed by atoms with E-state index in [1.807, 2.05) is 6.08 Å².